The Bertz CT molecular complexity index is 794. The molecule has 2 aromatic rings. The number of anilines is 2. The molecule has 3 amide bonds. The van der Waals surface area contributed by atoms with Gasteiger partial charge in [0.2, 0.25) is 5.91 Å². The van der Waals surface area contributed by atoms with Crippen molar-refractivity contribution in [1.82, 2.24) is 15.2 Å². The van der Waals surface area contributed by atoms with Crippen LogP contribution in [0.1, 0.15) is 6.92 Å². The maximum atomic E-state index is 12.5. The van der Waals surface area contributed by atoms with Crippen LogP contribution in [0.4, 0.5) is 16.3 Å². The highest BCUT2D eigenvalue weighted by molar-refractivity contribution is 6.33. The van der Waals surface area contributed by atoms with Crippen molar-refractivity contribution in [2.45, 2.75) is 13.0 Å². The van der Waals surface area contributed by atoms with E-state index in [1.165, 1.54) is 0 Å². The van der Waals surface area contributed by atoms with Gasteiger partial charge in [0.25, 0.3) is 0 Å². The zero-order chi connectivity index (χ0) is 19.2. The van der Waals surface area contributed by atoms with E-state index in [9.17, 15) is 9.59 Å². The molecule has 0 unspecified atom stereocenters. The Hall–Kier alpha value is -2.80. The fourth-order valence-corrected chi connectivity index (χ4v) is 3.01. The smallest absolute Gasteiger partial charge is 0.318 e. The number of nitrogens with zero attached hydrogens (tertiary/aromatic N) is 3. The molecule has 1 saturated heterocycles. The molecular weight excluding hydrogens is 366 g/mol. The summed E-state index contributed by atoms with van der Waals surface area (Å²) in [4.78, 5) is 32.9. The molecule has 1 atom stereocenters. The molecule has 7 nitrogen and oxygen atoms in total. The van der Waals surface area contributed by atoms with Crippen molar-refractivity contribution < 1.29 is 9.59 Å². The molecule has 0 radical (unpaired) electrons. The van der Waals surface area contributed by atoms with Crippen molar-refractivity contribution in [3.05, 3.63) is 53.7 Å². The Kier molecular flexibility index (Phi) is 6.13. The van der Waals surface area contributed by atoms with E-state index in [0.717, 1.165) is 5.82 Å². The molecule has 3 rings (SSSR count). The van der Waals surface area contributed by atoms with Crippen LogP contribution in [0.15, 0.2) is 48.7 Å². The molecule has 2 heterocycles. The minimum Gasteiger partial charge on any atom is -0.353 e. The molecule has 27 heavy (non-hydrogen) atoms. The van der Waals surface area contributed by atoms with E-state index in [1.54, 1.807) is 42.3 Å². The summed E-state index contributed by atoms with van der Waals surface area (Å²) in [6.07, 6.45) is 1.76. The van der Waals surface area contributed by atoms with E-state index < -0.39 is 6.04 Å². The lowest BCUT2D eigenvalue weighted by atomic mass is 10.2. The highest BCUT2D eigenvalue weighted by atomic mass is 35.5. The molecule has 2 N–H and O–H groups in total. The molecule has 0 saturated carbocycles. The van der Waals surface area contributed by atoms with Gasteiger partial charge in [-0.05, 0) is 31.2 Å². The first kappa shape index (κ1) is 19.0. The molecule has 1 aliphatic rings. The second kappa shape index (κ2) is 8.73. The number of pyridine rings is 1. The molecule has 0 aliphatic carbocycles. The van der Waals surface area contributed by atoms with Crippen LogP contribution in [0.25, 0.3) is 0 Å². The van der Waals surface area contributed by atoms with Gasteiger partial charge in [-0.2, -0.15) is 0 Å². The summed E-state index contributed by atoms with van der Waals surface area (Å²) in [6.45, 7) is 4.19. The molecule has 1 aliphatic heterocycles. The summed E-state index contributed by atoms with van der Waals surface area (Å²) < 4.78 is 0. The third-order valence-corrected chi connectivity index (χ3v) is 4.73. The van der Waals surface area contributed by atoms with E-state index in [4.69, 9.17) is 11.6 Å². The molecule has 1 aromatic carbocycles. The summed E-state index contributed by atoms with van der Waals surface area (Å²) >= 11 is 6.04. The maximum Gasteiger partial charge on any atom is 0.318 e. The second-order valence-electron chi connectivity index (χ2n) is 6.30. The highest BCUT2D eigenvalue weighted by Crippen LogP contribution is 2.20. The van der Waals surface area contributed by atoms with Gasteiger partial charge in [-0.1, -0.05) is 29.8 Å². The number of carbonyl (C=O) groups excluding carboxylic acids is 2. The number of rotatable bonds is 4. The van der Waals surface area contributed by atoms with Crippen molar-refractivity contribution in [2.75, 3.05) is 36.4 Å². The zero-order valence-corrected chi connectivity index (χ0v) is 15.8. The van der Waals surface area contributed by atoms with Crippen molar-refractivity contribution in [3.8, 4) is 0 Å². The van der Waals surface area contributed by atoms with E-state index in [2.05, 4.69) is 20.5 Å². The number of hydrogen-bond donors (Lipinski definition) is 2. The molecular formula is C19H22ClN5O2. The number of benzene rings is 1. The van der Waals surface area contributed by atoms with E-state index in [-0.39, 0.29) is 11.9 Å². The standard InChI is InChI=1S/C19H22ClN5O2/c1-14(18(26)23-16-7-3-2-6-15(16)20)22-19(27)25-12-10-24(11-13-25)17-8-4-5-9-21-17/h2-9,14H,10-13H2,1H3,(H,22,27)(H,23,26)/t14-/m0/s1. The number of amides is 3. The van der Waals surface area contributed by atoms with Crippen LogP contribution < -0.4 is 15.5 Å². The van der Waals surface area contributed by atoms with Gasteiger partial charge < -0.3 is 20.4 Å². The van der Waals surface area contributed by atoms with E-state index >= 15 is 0 Å². The van der Waals surface area contributed by atoms with Crippen molar-refractivity contribution >= 4 is 35.0 Å². The lowest BCUT2D eigenvalue weighted by Crippen LogP contribution is -2.54. The summed E-state index contributed by atoms with van der Waals surface area (Å²) in [7, 11) is 0. The third kappa shape index (κ3) is 4.89. The number of aromatic nitrogens is 1. The first-order valence-electron chi connectivity index (χ1n) is 8.81. The maximum absolute atomic E-state index is 12.5. The molecule has 1 aromatic heterocycles. The predicted molar refractivity (Wildman–Crippen MR) is 106 cm³/mol. The van der Waals surface area contributed by atoms with Crippen LogP contribution in [-0.2, 0) is 4.79 Å². The SMILES string of the molecule is C[C@H](NC(=O)N1CCN(c2ccccn2)CC1)C(=O)Nc1ccccc1Cl. The molecule has 1 fully saturated rings. The number of urea groups is 1. The summed E-state index contributed by atoms with van der Waals surface area (Å²) in [5.41, 5.74) is 0.522. The van der Waals surface area contributed by atoms with Crippen molar-refractivity contribution in [1.29, 1.82) is 0 Å². The zero-order valence-electron chi connectivity index (χ0n) is 15.1. The summed E-state index contributed by atoms with van der Waals surface area (Å²) in [6, 6.07) is 11.8. The monoisotopic (exact) mass is 387 g/mol. The normalized spacial score (nSPS) is 15.2. The minimum atomic E-state index is -0.678. The van der Waals surface area contributed by atoms with Crippen LogP contribution in [0.5, 0.6) is 0 Å². The fraction of sp³-hybridized carbons (Fsp3) is 0.316. The van der Waals surface area contributed by atoms with Gasteiger partial charge in [-0.25, -0.2) is 9.78 Å². The second-order valence-corrected chi connectivity index (χ2v) is 6.71. The van der Waals surface area contributed by atoms with Gasteiger partial charge in [-0.15, -0.1) is 0 Å². The minimum absolute atomic E-state index is 0.252. The lowest BCUT2D eigenvalue weighted by molar-refractivity contribution is -0.117. The van der Waals surface area contributed by atoms with Crippen LogP contribution in [-0.4, -0.2) is 54.0 Å². The highest BCUT2D eigenvalue weighted by Gasteiger charge is 2.24. The Morgan fingerprint density at radius 3 is 2.44 bits per heavy atom. The average Bonchev–Trinajstić information content (AvgIpc) is 2.70. The van der Waals surface area contributed by atoms with Crippen LogP contribution in [0, 0.1) is 0 Å². The topological polar surface area (TPSA) is 77.6 Å². The number of nitrogens with one attached hydrogen (secondary N) is 2. The van der Waals surface area contributed by atoms with Crippen LogP contribution in [0.2, 0.25) is 5.02 Å². The molecule has 0 bridgehead atoms. The average molecular weight is 388 g/mol. The fourth-order valence-electron chi connectivity index (χ4n) is 2.83. The van der Waals surface area contributed by atoms with Gasteiger partial charge in [-0.3, -0.25) is 4.79 Å². The van der Waals surface area contributed by atoms with E-state index in [0.29, 0.717) is 36.9 Å². The number of carbonyl (C=O) groups is 2. The number of para-hydroxylation sites is 1. The Morgan fingerprint density at radius 1 is 1.07 bits per heavy atom. The molecule has 8 heteroatoms. The quantitative estimate of drug-likeness (QED) is 0.845. The Labute approximate surface area is 163 Å². The largest absolute Gasteiger partial charge is 0.353 e. The number of hydrogen-bond acceptors (Lipinski definition) is 4. The lowest BCUT2D eigenvalue weighted by Gasteiger charge is -2.35. The van der Waals surface area contributed by atoms with Crippen LogP contribution >= 0.6 is 11.6 Å². The first-order valence-corrected chi connectivity index (χ1v) is 9.19. The van der Waals surface area contributed by atoms with Gasteiger partial charge in [0.05, 0.1) is 10.7 Å². The molecule has 0 spiro atoms. The van der Waals surface area contributed by atoms with Gasteiger partial charge in [0.1, 0.15) is 11.9 Å². The van der Waals surface area contributed by atoms with Crippen molar-refractivity contribution in [2.24, 2.45) is 0 Å². The molecule has 142 valence electrons. The number of halogens is 1. The Morgan fingerprint density at radius 2 is 1.78 bits per heavy atom. The van der Waals surface area contributed by atoms with Crippen molar-refractivity contribution in [3.63, 3.8) is 0 Å². The summed E-state index contributed by atoms with van der Waals surface area (Å²) in [5, 5.41) is 5.92. The van der Waals surface area contributed by atoms with E-state index in [1.807, 2.05) is 18.2 Å². The van der Waals surface area contributed by atoms with Gasteiger partial charge >= 0.3 is 6.03 Å². The Balaban J connectivity index is 1.49. The first-order chi connectivity index (χ1) is 13.0. The third-order valence-electron chi connectivity index (χ3n) is 4.41. The van der Waals surface area contributed by atoms with Gasteiger partial charge in [0, 0.05) is 32.4 Å². The summed E-state index contributed by atoms with van der Waals surface area (Å²) in [5.74, 6) is 0.591. The predicted octanol–water partition coefficient (Wildman–Crippen LogP) is 2.59. The van der Waals surface area contributed by atoms with Crippen LogP contribution in [0.3, 0.4) is 0 Å². The van der Waals surface area contributed by atoms with Gasteiger partial charge in [0.15, 0.2) is 0 Å². The number of piperazine rings is 1.